The molecule has 0 saturated heterocycles. The van der Waals surface area contributed by atoms with Crippen molar-refractivity contribution in [1.82, 2.24) is 0 Å². The number of halogens is 5. The van der Waals surface area contributed by atoms with Crippen molar-refractivity contribution < 1.29 is 13.9 Å². The molecular weight excluding hydrogens is 375 g/mol. The number of hydrogen-bond donors (Lipinski definition) is 1. The van der Waals surface area contributed by atoms with Gasteiger partial charge in [-0.05, 0) is 30.3 Å². The van der Waals surface area contributed by atoms with Crippen LogP contribution in [0.5, 0.6) is 5.75 Å². The molecule has 8 heteroatoms. The highest BCUT2D eigenvalue weighted by molar-refractivity contribution is 6.40. The van der Waals surface area contributed by atoms with E-state index in [4.69, 9.17) is 51.1 Å². The van der Waals surface area contributed by atoms with Gasteiger partial charge in [0.2, 0.25) is 0 Å². The summed E-state index contributed by atoms with van der Waals surface area (Å²) >= 11 is 23.4. The van der Waals surface area contributed by atoms with E-state index in [1.165, 1.54) is 24.3 Å². The van der Waals surface area contributed by atoms with Gasteiger partial charge in [-0.15, -0.1) is 0 Å². The first-order chi connectivity index (χ1) is 10.4. The number of ether oxygens (including phenoxy) is 1. The van der Waals surface area contributed by atoms with Crippen LogP contribution in [-0.4, -0.2) is 12.5 Å². The highest BCUT2D eigenvalue weighted by Crippen LogP contribution is 2.35. The number of rotatable bonds is 4. The number of anilines is 1. The van der Waals surface area contributed by atoms with Gasteiger partial charge in [0.25, 0.3) is 5.91 Å². The largest absolute Gasteiger partial charge is 0.481 e. The fraction of sp³-hybridized carbons (Fsp3) is 0.0714. The van der Waals surface area contributed by atoms with Gasteiger partial charge in [0.05, 0.1) is 20.8 Å². The minimum absolute atomic E-state index is 0.0795. The third-order valence-electron chi connectivity index (χ3n) is 2.52. The molecule has 0 bridgehead atoms. The van der Waals surface area contributed by atoms with E-state index >= 15 is 0 Å². The summed E-state index contributed by atoms with van der Waals surface area (Å²) in [6.07, 6.45) is 0. The third-order valence-corrected chi connectivity index (χ3v) is 3.61. The van der Waals surface area contributed by atoms with Gasteiger partial charge in [-0.3, -0.25) is 4.79 Å². The van der Waals surface area contributed by atoms with Crippen molar-refractivity contribution in [1.29, 1.82) is 0 Å². The zero-order valence-corrected chi connectivity index (χ0v) is 13.8. The first-order valence-electron chi connectivity index (χ1n) is 5.89. The van der Waals surface area contributed by atoms with Crippen LogP contribution in [0.4, 0.5) is 10.1 Å². The molecule has 0 radical (unpaired) electrons. The molecular formula is C14H8Cl4FNO2. The fourth-order valence-corrected chi connectivity index (χ4v) is 2.72. The van der Waals surface area contributed by atoms with E-state index in [-0.39, 0.29) is 33.1 Å². The number of nitrogens with one attached hydrogen (secondary N) is 1. The van der Waals surface area contributed by atoms with Crippen molar-refractivity contribution >= 4 is 58.0 Å². The Kier molecular flexibility index (Phi) is 5.75. The van der Waals surface area contributed by atoms with Crippen LogP contribution in [0.3, 0.4) is 0 Å². The summed E-state index contributed by atoms with van der Waals surface area (Å²) < 4.78 is 18.2. The molecule has 3 nitrogen and oxygen atoms in total. The first kappa shape index (κ1) is 17.2. The van der Waals surface area contributed by atoms with Crippen molar-refractivity contribution in [2.75, 3.05) is 11.9 Å². The number of benzene rings is 2. The molecule has 0 aliphatic rings. The second-order valence-electron chi connectivity index (χ2n) is 4.16. The highest BCUT2D eigenvalue weighted by Gasteiger charge is 2.12. The lowest BCUT2D eigenvalue weighted by molar-refractivity contribution is -0.118. The maximum atomic E-state index is 12.9. The lowest BCUT2D eigenvalue weighted by atomic mass is 10.3. The third kappa shape index (κ3) is 4.40. The Morgan fingerprint density at radius 3 is 2.27 bits per heavy atom. The van der Waals surface area contributed by atoms with Crippen LogP contribution in [0.15, 0.2) is 30.3 Å². The SMILES string of the molecule is O=C(COc1c(Cl)cc(Cl)cc1Cl)Nc1ccc(F)cc1Cl. The van der Waals surface area contributed by atoms with E-state index in [0.717, 1.165) is 6.07 Å². The molecule has 0 saturated carbocycles. The minimum Gasteiger partial charge on any atom is -0.481 e. The summed E-state index contributed by atoms with van der Waals surface area (Å²) in [5.74, 6) is -0.859. The molecule has 0 atom stereocenters. The zero-order chi connectivity index (χ0) is 16.3. The lowest BCUT2D eigenvalue weighted by Gasteiger charge is -2.11. The zero-order valence-electron chi connectivity index (χ0n) is 10.8. The Labute approximate surface area is 145 Å². The van der Waals surface area contributed by atoms with E-state index in [1.54, 1.807) is 0 Å². The molecule has 0 aromatic heterocycles. The number of carbonyl (C=O) groups excluding carboxylic acids is 1. The minimum atomic E-state index is -0.504. The predicted molar refractivity (Wildman–Crippen MR) is 87.0 cm³/mol. The van der Waals surface area contributed by atoms with Gasteiger partial charge < -0.3 is 10.1 Å². The topological polar surface area (TPSA) is 38.3 Å². The first-order valence-corrected chi connectivity index (χ1v) is 7.40. The summed E-state index contributed by atoms with van der Waals surface area (Å²) in [6, 6.07) is 6.50. The molecule has 0 aliphatic carbocycles. The van der Waals surface area contributed by atoms with Gasteiger partial charge in [-0.1, -0.05) is 46.4 Å². The maximum absolute atomic E-state index is 12.9. The Balaban J connectivity index is 2.02. The highest BCUT2D eigenvalue weighted by atomic mass is 35.5. The van der Waals surface area contributed by atoms with Crippen LogP contribution in [0, 0.1) is 5.82 Å². The summed E-state index contributed by atoms with van der Waals surface area (Å²) in [7, 11) is 0. The molecule has 0 aliphatic heterocycles. The van der Waals surface area contributed by atoms with Crippen molar-refractivity contribution in [2.45, 2.75) is 0 Å². The average molecular weight is 383 g/mol. The monoisotopic (exact) mass is 381 g/mol. The Hall–Kier alpha value is -1.20. The van der Waals surface area contributed by atoms with Gasteiger partial charge in [-0.2, -0.15) is 0 Å². The van der Waals surface area contributed by atoms with E-state index in [2.05, 4.69) is 5.32 Å². The van der Waals surface area contributed by atoms with Crippen LogP contribution in [0.25, 0.3) is 0 Å². The van der Waals surface area contributed by atoms with Crippen molar-refractivity contribution in [2.24, 2.45) is 0 Å². The number of hydrogen-bond acceptors (Lipinski definition) is 2. The van der Waals surface area contributed by atoms with Crippen LogP contribution in [0.2, 0.25) is 20.1 Å². The van der Waals surface area contributed by atoms with Crippen LogP contribution < -0.4 is 10.1 Å². The maximum Gasteiger partial charge on any atom is 0.262 e. The Morgan fingerprint density at radius 1 is 1.05 bits per heavy atom. The normalized spacial score (nSPS) is 10.4. The number of amides is 1. The average Bonchev–Trinajstić information content (AvgIpc) is 2.40. The van der Waals surface area contributed by atoms with Gasteiger partial charge >= 0.3 is 0 Å². The van der Waals surface area contributed by atoms with Gasteiger partial charge in [0.1, 0.15) is 5.82 Å². The molecule has 0 heterocycles. The standard InChI is InChI=1S/C14H8Cl4FNO2/c15-7-3-10(17)14(11(18)4-7)22-6-13(21)20-12-2-1-8(19)5-9(12)16/h1-5H,6H2,(H,20,21). The smallest absolute Gasteiger partial charge is 0.262 e. The van der Waals surface area contributed by atoms with E-state index < -0.39 is 11.7 Å². The van der Waals surface area contributed by atoms with Gasteiger partial charge in [0, 0.05) is 5.02 Å². The van der Waals surface area contributed by atoms with Gasteiger partial charge in [0.15, 0.2) is 12.4 Å². The van der Waals surface area contributed by atoms with Crippen molar-refractivity contribution in [3.63, 3.8) is 0 Å². The van der Waals surface area contributed by atoms with Crippen molar-refractivity contribution in [3.05, 3.63) is 56.2 Å². The molecule has 2 rings (SSSR count). The summed E-state index contributed by atoms with van der Waals surface area (Å²) in [6.45, 7) is -0.352. The molecule has 0 fully saturated rings. The van der Waals surface area contributed by atoms with Crippen LogP contribution in [-0.2, 0) is 4.79 Å². The Morgan fingerprint density at radius 2 is 1.68 bits per heavy atom. The number of carbonyl (C=O) groups is 1. The molecule has 116 valence electrons. The van der Waals surface area contributed by atoms with E-state index in [1.807, 2.05) is 0 Å². The molecule has 0 unspecified atom stereocenters. The van der Waals surface area contributed by atoms with Crippen molar-refractivity contribution in [3.8, 4) is 5.75 Å². The molecule has 2 aromatic carbocycles. The van der Waals surface area contributed by atoms with Crippen LogP contribution >= 0.6 is 46.4 Å². The van der Waals surface area contributed by atoms with Crippen LogP contribution in [0.1, 0.15) is 0 Å². The fourth-order valence-electron chi connectivity index (χ4n) is 1.58. The molecule has 22 heavy (non-hydrogen) atoms. The van der Waals surface area contributed by atoms with E-state index in [0.29, 0.717) is 5.02 Å². The molecule has 0 spiro atoms. The quantitative estimate of drug-likeness (QED) is 0.762. The Bertz CT molecular complexity index is 701. The summed E-state index contributed by atoms with van der Waals surface area (Å²) in [5.41, 5.74) is 0.268. The van der Waals surface area contributed by atoms with Gasteiger partial charge in [-0.25, -0.2) is 4.39 Å². The lowest BCUT2D eigenvalue weighted by Crippen LogP contribution is -2.20. The van der Waals surface area contributed by atoms with E-state index in [9.17, 15) is 9.18 Å². The molecule has 2 aromatic rings. The second kappa shape index (κ2) is 7.38. The summed E-state index contributed by atoms with van der Waals surface area (Å²) in [5, 5.41) is 3.29. The molecule has 1 N–H and O–H groups in total. The molecule has 1 amide bonds. The second-order valence-corrected chi connectivity index (χ2v) is 5.82. The predicted octanol–water partition coefficient (Wildman–Crippen LogP) is 5.46. The summed E-state index contributed by atoms with van der Waals surface area (Å²) in [4.78, 5) is 11.8.